The summed E-state index contributed by atoms with van der Waals surface area (Å²) in [6.07, 6.45) is 6.56. The van der Waals surface area contributed by atoms with Gasteiger partial charge < -0.3 is 10.6 Å². The van der Waals surface area contributed by atoms with Gasteiger partial charge in [0.05, 0.1) is 18.4 Å². The first kappa shape index (κ1) is 20.1. The summed E-state index contributed by atoms with van der Waals surface area (Å²) in [5, 5.41) is 11.9. The van der Waals surface area contributed by atoms with Crippen LogP contribution in [0.25, 0.3) is 5.69 Å². The average Bonchev–Trinajstić information content (AvgIpc) is 3.30. The van der Waals surface area contributed by atoms with Crippen molar-refractivity contribution in [2.24, 2.45) is 4.99 Å². The molecule has 1 aliphatic rings. The lowest BCUT2D eigenvalue weighted by atomic mass is 10.2. The topological polar surface area (TPSA) is 54.2 Å². The van der Waals surface area contributed by atoms with Crippen LogP contribution in [0.1, 0.15) is 25.3 Å². The van der Waals surface area contributed by atoms with Gasteiger partial charge in [0, 0.05) is 30.1 Å². The molecule has 5 nitrogen and oxygen atoms in total. The number of halogens is 1. The lowest BCUT2D eigenvalue weighted by molar-refractivity contribution is 0.727. The first-order valence-electron chi connectivity index (χ1n) is 8.58. The van der Waals surface area contributed by atoms with Crippen LogP contribution in [0.15, 0.2) is 47.7 Å². The van der Waals surface area contributed by atoms with Gasteiger partial charge >= 0.3 is 0 Å². The second-order valence-corrected chi connectivity index (χ2v) is 7.25. The average molecular weight is 471 g/mol. The molecule has 1 atom stereocenters. The summed E-state index contributed by atoms with van der Waals surface area (Å²) in [6, 6.07) is 10.1. The van der Waals surface area contributed by atoms with Crippen molar-refractivity contribution in [3.63, 3.8) is 0 Å². The summed E-state index contributed by atoms with van der Waals surface area (Å²) in [5.41, 5.74) is 2.17. The predicted molar refractivity (Wildman–Crippen MR) is 117 cm³/mol. The molecule has 0 bridgehead atoms. The van der Waals surface area contributed by atoms with Gasteiger partial charge in [-0.3, -0.25) is 0 Å². The van der Waals surface area contributed by atoms with Gasteiger partial charge in [0.1, 0.15) is 0 Å². The first-order chi connectivity index (χ1) is 11.8. The van der Waals surface area contributed by atoms with E-state index in [2.05, 4.69) is 39.4 Å². The van der Waals surface area contributed by atoms with E-state index in [9.17, 15) is 0 Å². The number of aromatic nitrogens is 2. The molecule has 0 aliphatic carbocycles. The molecule has 136 valence electrons. The van der Waals surface area contributed by atoms with Crippen molar-refractivity contribution in [1.29, 1.82) is 0 Å². The zero-order chi connectivity index (χ0) is 16.6. The van der Waals surface area contributed by atoms with Crippen molar-refractivity contribution in [3.8, 4) is 5.69 Å². The van der Waals surface area contributed by atoms with Crippen LogP contribution in [0.4, 0.5) is 0 Å². The third kappa shape index (κ3) is 6.22. The zero-order valence-electron chi connectivity index (χ0n) is 14.5. The third-order valence-corrected chi connectivity index (χ3v) is 5.34. The summed E-state index contributed by atoms with van der Waals surface area (Å²) in [7, 11) is 0. The van der Waals surface area contributed by atoms with E-state index in [0.717, 1.165) is 35.5 Å². The van der Waals surface area contributed by atoms with E-state index in [-0.39, 0.29) is 24.0 Å². The Morgan fingerprint density at radius 1 is 1.32 bits per heavy atom. The summed E-state index contributed by atoms with van der Waals surface area (Å²) in [6.45, 7) is 4.57. The van der Waals surface area contributed by atoms with E-state index < -0.39 is 0 Å². The van der Waals surface area contributed by atoms with Crippen molar-refractivity contribution in [3.05, 3.63) is 48.3 Å². The molecule has 2 heterocycles. The Hall–Kier alpha value is -1.22. The van der Waals surface area contributed by atoms with Crippen molar-refractivity contribution in [2.45, 2.75) is 31.6 Å². The minimum absolute atomic E-state index is 0. The van der Waals surface area contributed by atoms with Gasteiger partial charge in [0.25, 0.3) is 0 Å². The standard InChI is InChI=1S/C18H25N5S.HI/c1-2-19-18(21-13-17-9-6-10-24-17)20-11-15-12-22-23(14-15)16-7-4-3-5-8-16;/h3-5,7-8,12,14,17H,2,6,9-11,13H2,1H3,(H2,19,20,21);1H. The van der Waals surface area contributed by atoms with Crippen LogP contribution < -0.4 is 10.6 Å². The maximum atomic E-state index is 4.68. The third-order valence-electron chi connectivity index (χ3n) is 3.94. The molecular weight excluding hydrogens is 445 g/mol. The molecule has 0 spiro atoms. The maximum Gasteiger partial charge on any atom is 0.191 e. The highest BCUT2D eigenvalue weighted by Gasteiger charge is 2.15. The van der Waals surface area contributed by atoms with E-state index in [4.69, 9.17) is 0 Å². The summed E-state index contributed by atoms with van der Waals surface area (Å²) < 4.78 is 1.89. The maximum absolute atomic E-state index is 4.68. The minimum Gasteiger partial charge on any atom is -0.357 e. The van der Waals surface area contributed by atoms with Gasteiger partial charge in [-0.1, -0.05) is 18.2 Å². The number of benzene rings is 1. The fraction of sp³-hybridized carbons (Fsp3) is 0.444. The van der Waals surface area contributed by atoms with E-state index in [1.165, 1.54) is 18.6 Å². The molecule has 2 N–H and O–H groups in total. The van der Waals surface area contributed by atoms with Gasteiger partial charge in [0.2, 0.25) is 0 Å². The van der Waals surface area contributed by atoms with Crippen molar-refractivity contribution in [2.75, 3.05) is 18.8 Å². The Morgan fingerprint density at radius 3 is 2.88 bits per heavy atom. The highest BCUT2D eigenvalue weighted by Crippen LogP contribution is 2.25. The molecule has 1 aliphatic heterocycles. The Labute approximate surface area is 171 Å². The molecule has 1 aromatic heterocycles. The molecule has 0 amide bonds. The fourth-order valence-corrected chi connectivity index (χ4v) is 3.89. The normalized spacial score (nSPS) is 17.2. The second-order valence-electron chi connectivity index (χ2n) is 5.84. The first-order valence-corrected chi connectivity index (χ1v) is 9.63. The molecule has 7 heteroatoms. The number of guanidine groups is 1. The van der Waals surface area contributed by atoms with E-state index in [1.54, 1.807) is 0 Å². The smallest absolute Gasteiger partial charge is 0.191 e. The van der Waals surface area contributed by atoms with Crippen LogP contribution in [0, 0.1) is 0 Å². The number of para-hydroxylation sites is 1. The van der Waals surface area contributed by atoms with Gasteiger partial charge in [0.15, 0.2) is 5.96 Å². The van der Waals surface area contributed by atoms with E-state index >= 15 is 0 Å². The Balaban J connectivity index is 0.00000225. The quantitative estimate of drug-likeness (QED) is 0.385. The highest BCUT2D eigenvalue weighted by atomic mass is 127. The summed E-state index contributed by atoms with van der Waals surface area (Å²) >= 11 is 2.06. The number of thioether (sulfide) groups is 1. The van der Waals surface area contributed by atoms with Crippen LogP contribution in [0.5, 0.6) is 0 Å². The lowest BCUT2D eigenvalue weighted by Crippen LogP contribution is -2.40. The molecule has 1 fully saturated rings. The SMILES string of the molecule is CCNC(=NCc1cnn(-c2ccccc2)c1)NCC1CCCS1.I. The monoisotopic (exact) mass is 471 g/mol. The Morgan fingerprint density at radius 2 is 2.16 bits per heavy atom. The van der Waals surface area contributed by atoms with Gasteiger partial charge in [-0.15, -0.1) is 24.0 Å². The zero-order valence-corrected chi connectivity index (χ0v) is 17.7. The summed E-state index contributed by atoms with van der Waals surface area (Å²) in [4.78, 5) is 4.68. The van der Waals surface area contributed by atoms with Crippen molar-refractivity contribution in [1.82, 2.24) is 20.4 Å². The second kappa shape index (κ2) is 10.7. The molecular formula is C18H26IN5S. The molecule has 25 heavy (non-hydrogen) atoms. The molecule has 1 saturated heterocycles. The van der Waals surface area contributed by atoms with Gasteiger partial charge in [-0.05, 0) is 37.7 Å². The van der Waals surface area contributed by atoms with Crippen LogP contribution in [-0.4, -0.2) is 39.8 Å². The molecule has 2 aromatic rings. The molecule has 1 aromatic carbocycles. The highest BCUT2D eigenvalue weighted by molar-refractivity contribution is 14.0. The van der Waals surface area contributed by atoms with Gasteiger partial charge in [-0.25, -0.2) is 9.67 Å². The largest absolute Gasteiger partial charge is 0.357 e. The number of hydrogen-bond donors (Lipinski definition) is 2. The summed E-state index contributed by atoms with van der Waals surface area (Å²) in [5.74, 6) is 2.18. The predicted octanol–water partition coefficient (Wildman–Crippen LogP) is 3.44. The van der Waals surface area contributed by atoms with Crippen LogP contribution in [0.3, 0.4) is 0 Å². The molecule has 0 radical (unpaired) electrons. The Bertz CT molecular complexity index is 652. The number of rotatable bonds is 6. The molecule has 0 saturated carbocycles. The minimum atomic E-state index is 0. The number of nitrogens with zero attached hydrogens (tertiary/aromatic N) is 3. The lowest BCUT2D eigenvalue weighted by Gasteiger charge is -2.14. The van der Waals surface area contributed by atoms with Crippen LogP contribution in [-0.2, 0) is 6.54 Å². The van der Waals surface area contributed by atoms with Crippen LogP contribution >= 0.6 is 35.7 Å². The van der Waals surface area contributed by atoms with E-state index in [1.807, 2.05) is 47.4 Å². The van der Waals surface area contributed by atoms with Crippen molar-refractivity contribution >= 4 is 41.7 Å². The Kier molecular flexibility index (Phi) is 8.60. The fourth-order valence-electron chi connectivity index (χ4n) is 2.69. The number of nitrogens with one attached hydrogen (secondary N) is 2. The molecule has 3 rings (SSSR count). The molecule has 1 unspecified atom stereocenters. The number of hydrogen-bond acceptors (Lipinski definition) is 3. The van der Waals surface area contributed by atoms with Gasteiger partial charge in [-0.2, -0.15) is 16.9 Å². The number of aliphatic imine (C=N–C) groups is 1. The van der Waals surface area contributed by atoms with Crippen molar-refractivity contribution < 1.29 is 0 Å². The van der Waals surface area contributed by atoms with Crippen LogP contribution in [0.2, 0.25) is 0 Å². The van der Waals surface area contributed by atoms with E-state index in [0.29, 0.717) is 6.54 Å².